The van der Waals surface area contributed by atoms with Gasteiger partial charge in [-0.2, -0.15) is 0 Å². The van der Waals surface area contributed by atoms with E-state index >= 15 is 0 Å². The Morgan fingerprint density at radius 3 is 2.73 bits per heavy atom. The third kappa shape index (κ3) is 2.26. The van der Waals surface area contributed by atoms with E-state index in [4.69, 9.17) is 0 Å². The smallest absolute Gasteiger partial charge is 0.226 e. The average Bonchev–Trinajstić information content (AvgIpc) is 3.24. The first-order chi connectivity index (χ1) is 10.8. The Kier molecular flexibility index (Phi) is 3.69. The predicted octanol–water partition coefficient (Wildman–Crippen LogP) is 2.90. The van der Waals surface area contributed by atoms with E-state index < -0.39 is 0 Å². The second-order valence-electron chi connectivity index (χ2n) is 7.36. The zero-order valence-corrected chi connectivity index (χ0v) is 13.4. The molecule has 1 saturated carbocycles. The van der Waals surface area contributed by atoms with Crippen LogP contribution in [-0.4, -0.2) is 30.4 Å². The van der Waals surface area contributed by atoms with E-state index in [1.54, 1.807) is 0 Å². The van der Waals surface area contributed by atoms with Gasteiger partial charge in [0.15, 0.2) is 0 Å². The van der Waals surface area contributed by atoms with E-state index in [0.29, 0.717) is 23.7 Å². The highest BCUT2D eigenvalue weighted by Crippen LogP contribution is 2.45. The first-order valence-corrected chi connectivity index (χ1v) is 8.82. The lowest BCUT2D eigenvalue weighted by Gasteiger charge is -2.31. The highest BCUT2D eigenvalue weighted by Gasteiger charge is 2.48. The lowest BCUT2D eigenvalue weighted by atomic mass is 9.87. The normalized spacial score (nSPS) is 31.7. The summed E-state index contributed by atoms with van der Waals surface area (Å²) >= 11 is 0. The van der Waals surface area contributed by atoms with Crippen LogP contribution >= 0.6 is 0 Å². The number of hydrogen-bond acceptors (Lipinski definition) is 2. The minimum absolute atomic E-state index is 0.286. The number of carbonyl (C=O) groups is 1. The molecule has 2 saturated heterocycles. The number of aryl methyl sites for hydroxylation is 1. The van der Waals surface area contributed by atoms with Gasteiger partial charge in [-0.05, 0) is 36.8 Å². The molecule has 1 aromatic rings. The molecule has 3 heteroatoms. The second kappa shape index (κ2) is 5.69. The summed E-state index contributed by atoms with van der Waals surface area (Å²) in [5.41, 5.74) is 2.69. The fourth-order valence-electron chi connectivity index (χ4n) is 4.87. The van der Waals surface area contributed by atoms with Gasteiger partial charge < -0.3 is 10.2 Å². The fourth-order valence-corrected chi connectivity index (χ4v) is 4.87. The second-order valence-corrected chi connectivity index (χ2v) is 7.36. The third-order valence-electron chi connectivity index (χ3n) is 6.06. The van der Waals surface area contributed by atoms with Gasteiger partial charge in [0.1, 0.15) is 0 Å². The summed E-state index contributed by atoms with van der Waals surface area (Å²) in [5.74, 6) is 1.94. The van der Waals surface area contributed by atoms with Crippen molar-refractivity contribution in [1.29, 1.82) is 0 Å². The van der Waals surface area contributed by atoms with Crippen LogP contribution in [0.25, 0.3) is 0 Å². The van der Waals surface area contributed by atoms with Crippen LogP contribution in [0, 0.1) is 24.7 Å². The molecule has 1 amide bonds. The van der Waals surface area contributed by atoms with Crippen molar-refractivity contribution in [2.75, 3.05) is 19.6 Å². The third-order valence-corrected chi connectivity index (χ3v) is 6.06. The van der Waals surface area contributed by atoms with Gasteiger partial charge in [0.05, 0.1) is 6.04 Å². The maximum absolute atomic E-state index is 13.1. The quantitative estimate of drug-likeness (QED) is 0.910. The first-order valence-electron chi connectivity index (χ1n) is 8.82. The number of rotatable bonds is 2. The van der Waals surface area contributed by atoms with Gasteiger partial charge in [0.2, 0.25) is 5.91 Å². The zero-order valence-electron chi connectivity index (χ0n) is 13.4. The average molecular weight is 298 g/mol. The number of nitrogens with one attached hydrogen (secondary N) is 1. The Hall–Kier alpha value is -1.35. The number of hydrogen-bond donors (Lipinski definition) is 1. The first kappa shape index (κ1) is 14.3. The van der Waals surface area contributed by atoms with E-state index in [1.807, 2.05) is 0 Å². The highest BCUT2D eigenvalue weighted by atomic mass is 16.2. The van der Waals surface area contributed by atoms with Crippen LogP contribution in [-0.2, 0) is 4.79 Å². The van der Waals surface area contributed by atoms with Crippen LogP contribution in [0.15, 0.2) is 24.3 Å². The minimum atomic E-state index is 0.286. The zero-order chi connectivity index (χ0) is 15.1. The van der Waals surface area contributed by atoms with Gasteiger partial charge in [-0.15, -0.1) is 0 Å². The largest absolute Gasteiger partial charge is 0.335 e. The van der Waals surface area contributed by atoms with Crippen molar-refractivity contribution in [3.8, 4) is 0 Å². The van der Waals surface area contributed by atoms with Crippen LogP contribution in [0.3, 0.4) is 0 Å². The van der Waals surface area contributed by atoms with Crippen LogP contribution in [0.2, 0.25) is 0 Å². The lowest BCUT2D eigenvalue weighted by Crippen LogP contribution is -2.38. The molecule has 0 aromatic heterocycles. The Morgan fingerprint density at radius 1 is 1.18 bits per heavy atom. The van der Waals surface area contributed by atoms with Crippen molar-refractivity contribution < 1.29 is 4.79 Å². The number of likely N-dealkylation sites (tertiary alicyclic amines) is 1. The lowest BCUT2D eigenvalue weighted by molar-refractivity contribution is -0.136. The topological polar surface area (TPSA) is 32.3 Å². The number of benzene rings is 1. The van der Waals surface area contributed by atoms with Crippen molar-refractivity contribution in [3.05, 3.63) is 35.4 Å². The molecular weight excluding hydrogens is 272 g/mol. The van der Waals surface area contributed by atoms with Gasteiger partial charge in [0.25, 0.3) is 0 Å². The molecule has 22 heavy (non-hydrogen) atoms. The molecule has 2 aliphatic heterocycles. The minimum Gasteiger partial charge on any atom is -0.335 e. The van der Waals surface area contributed by atoms with Gasteiger partial charge >= 0.3 is 0 Å². The maximum Gasteiger partial charge on any atom is 0.226 e. The highest BCUT2D eigenvalue weighted by molar-refractivity contribution is 5.80. The molecule has 1 aromatic carbocycles. The van der Waals surface area contributed by atoms with Crippen molar-refractivity contribution in [2.24, 2.45) is 17.8 Å². The summed E-state index contributed by atoms with van der Waals surface area (Å²) in [6.45, 7) is 5.26. The number of nitrogens with zero attached hydrogens (tertiary/aromatic N) is 1. The van der Waals surface area contributed by atoms with Crippen LogP contribution in [0.1, 0.15) is 42.9 Å². The van der Waals surface area contributed by atoms with Crippen LogP contribution < -0.4 is 5.32 Å². The van der Waals surface area contributed by atoms with E-state index in [2.05, 4.69) is 41.4 Å². The summed E-state index contributed by atoms with van der Waals surface area (Å²) in [7, 11) is 0. The van der Waals surface area contributed by atoms with Crippen LogP contribution in [0.4, 0.5) is 0 Å². The molecular formula is C19H26N2O. The summed E-state index contributed by atoms with van der Waals surface area (Å²) < 4.78 is 0. The molecule has 0 spiro atoms. The van der Waals surface area contributed by atoms with E-state index in [9.17, 15) is 4.79 Å². The Labute approximate surface area is 133 Å². The fraction of sp³-hybridized carbons (Fsp3) is 0.632. The monoisotopic (exact) mass is 298 g/mol. The molecule has 1 N–H and O–H groups in total. The molecule has 3 nitrogen and oxygen atoms in total. The molecule has 1 aliphatic carbocycles. The van der Waals surface area contributed by atoms with Crippen molar-refractivity contribution in [1.82, 2.24) is 10.2 Å². The Morgan fingerprint density at radius 2 is 1.95 bits per heavy atom. The van der Waals surface area contributed by atoms with E-state index in [1.165, 1.54) is 24.0 Å². The maximum atomic E-state index is 13.1. The van der Waals surface area contributed by atoms with Crippen molar-refractivity contribution >= 4 is 5.91 Å². The Balaban J connectivity index is 1.67. The standard InChI is InChI=1S/C19H26N2O/c1-13-6-2-5-9-16(13)18-17-11-20-10-15(17)12-21(18)19(22)14-7-3-4-8-14/h2,5-6,9,14-15,17-18,20H,3-4,7-8,10-12H2,1H3/t15-,17-,18+/m0/s1. The van der Waals surface area contributed by atoms with Crippen molar-refractivity contribution in [3.63, 3.8) is 0 Å². The van der Waals surface area contributed by atoms with E-state index in [-0.39, 0.29) is 6.04 Å². The van der Waals surface area contributed by atoms with Gasteiger partial charge in [0, 0.05) is 31.5 Å². The van der Waals surface area contributed by atoms with Crippen LogP contribution in [0.5, 0.6) is 0 Å². The number of amides is 1. The molecule has 118 valence electrons. The Bertz CT molecular complexity index is 564. The molecule has 3 fully saturated rings. The number of carbonyl (C=O) groups excluding carboxylic acids is 1. The van der Waals surface area contributed by atoms with Crippen molar-refractivity contribution in [2.45, 2.75) is 38.6 Å². The SMILES string of the molecule is Cc1ccccc1[C@@H]1[C@H]2CNC[C@H]2CN1C(=O)C1CCCC1. The molecule has 0 bridgehead atoms. The molecule has 3 aliphatic rings. The van der Waals surface area contributed by atoms with Gasteiger partial charge in [-0.3, -0.25) is 4.79 Å². The molecule has 0 radical (unpaired) electrons. The van der Waals surface area contributed by atoms with E-state index in [0.717, 1.165) is 32.5 Å². The summed E-state index contributed by atoms with van der Waals surface area (Å²) in [6, 6.07) is 8.92. The molecule has 2 heterocycles. The molecule has 3 atom stereocenters. The van der Waals surface area contributed by atoms with Gasteiger partial charge in [-0.1, -0.05) is 37.1 Å². The molecule has 4 rings (SSSR count). The summed E-state index contributed by atoms with van der Waals surface area (Å²) in [4.78, 5) is 15.3. The predicted molar refractivity (Wildman–Crippen MR) is 87.4 cm³/mol. The summed E-state index contributed by atoms with van der Waals surface area (Å²) in [5, 5.41) is 3.53. The molecule has 0 unspecified atom stereocenters. The van der Waals surface area contributed by atoms with Gasteiger partial charge in [-0.25, -0.2) is 0 Å². The number of fused-ring (bicyclic) bond motifs is 1. The summed E-state index contributed by atoms with van der Waals surface area (Å²) in [6.07, 6.45) is 4.66.